The van der Waals surface area contributed by atoms with Gasteiger partial charge in [0.05, 0.1) is 0 Å². The van der Waals surface area contributed by atoms with E-state index in [-0.39, 0.29) is 10.8 Å². The number of hydrogen-bond donors (Lipinski definition) is 1. The molecule has 3 heteroatoms. The molecule has 1 unspecified atom stereocenters. The summed E-state index contributed by atoms with van der Waals surface area (Å²) in [5.74, 6) is 2.64. The monoisotopic (exact) mass is 374 g/mol. The van der Waals surface area contributed by atoms with Gasteiger partial charge in [0.2, 0.25) is 0 Å². The van der Waals surface area contributed by atoms with Crippen molar-refractivity contribution in [2.24, 2.45) is 39.7 Å². The lowest BCUT2D eigenvalue weighted by Crippen LogP contribution is -2.50. The van der Waals surface area contributed by atoms with Crippen LogP contribution in [0.3, 0.4) is 0 Å². The van der Waals surface area contributed by atoms with Crippen molar-refractivity contribution in [3.05, 3.63) is 60.0 Å². The fraction of sp³-hybridized carbons (Fsp3) is 0.520. The molecule has 0 radical (unpaired) electrons. The fourth-order valence-corrected chi connectivity index (χ4v) is 7.22. The Morgan fingerprint density at radius 1 is 1.25 bits per heavy atom. The van der Waals surface area contributed by atoms with E-state index >= 15 is 0 Å². The number of aromatic nitrogens is 1. The molecule has 1 aromatic rings. The van der Waals surface area contributed by atoms with Gasteiger partial charge in [-0.1, -0.05) is 49.7 Å². The molecule has 0 bridgehead atoms. The molecule has 4 aliphatic carbocycles. The van der Waals surface area contributed by atoms with Gasteiger partial charge in [0.15, 0.2) is 0 Å². The van der Waals surface area contributed by atoms with Crippen LogP contribution in [0.2, 0.25) is 0 Å². The summed E-state index contributed by atoms with van der Waals surface area (Å²) in [6, 6.07) is 4.29. The van der Waals surface area contributed by atoms with Crippen molar-refractivity contribution in [3.63, 3.8) is 0 Å². The fourth-order valence-electron chi connectivity index (χ4n) is 7.22. The smallest absolute Gasteiger partial charge is 0.102 e. The second-order valence-corrected chi connectivity index (χ2v) is 9.81. The third-order valence-corrected chi connectivity index (χ3v) is 8.56. The minimum absolute atomic E-state index is 0.0922. The Labute approximate surface area is 168 Å². The Kier molecular flexibility index (Phi) is 3.94. The van der Waals surface area contributed by atoms with E-state index in [1.54, 1.807) is 0 Å². The molecule has 2 fully saturated rings. The molecule has 0 saturated heterocycles. The molecule has 0 amide bonds. The van der Waals surface area contributed by atoms with Gasteiger partial charge in [0.1, 0.15) is 5.71 Å². The zero-order valence-corrected chi connectivity index (χ0v) is 17.1. The second kappa shape index (κ2) is 6.17. The Morgan fingerprint density at radius 3 is 2.86 bits per heavy atom. The number of allylic oxidation sites excluding steroid dienone is 6. The van der Waals surface area contributed by atoms with Crippen molar-refractivity contribution in [2.45, 2.75) is 46.5 Å². The van der Waals surface area contributed by atoms with Crippen molar-refractivity contribution in [3.8, 4) is 0 Å². The summed E-state index contributed by atoms with van der Waals surface area (Å²) in [6.07, 6.45) is 17.8. The third-order valence-electron chi connectivity index (χ3n) is 8.56. The highest BCUT2D eigenvalue weighted by Crippen LogP contribution is 2.66. The molecule has 5 rings (SSSR count). The minimum atomic E-state index is 0.0922. The normalized spacial score (nSPS) is 43.0. The van der Waals surface area contributed by atoms with Crippen molar-refractivity contribution >= 4 is 11.3 Å². The average Bonchev–Trinajstić information content (AvgIpc) is 3.06. The SMILES string of the molecule is CC1C[C@@H]2[C@H](CC[C@]3(C)C(c4cccnc4)=CC[C@@H]23)[C@@]2(C)C=CC(=NO)C=C12. The summed E-state index contributed by atoms with van der Waals surface area (Å²) in [7, 11) is 0. The van der Waals surface area contributed by atoms with Gasteiger partial charge in [-0.25, -0.2) is 0 Å². The molecule has 3 nitrogen and oxygen atoms in total. The first kappa shape index (κ1) is 17.9. The average molecular weight is 375 g/mol. The summed E-state index contributed by atoms with van der Waals surface area (Å²) < 4.78 is 0. The van der Waals surface area contributed by atoms with Gasteiger partial charge < -0.3 is 5.21 Å². The van der Waals surface area contributed by atoms with Crippen LogP contribution in [0.4, 0.5) is 0 Å². The Bertz CT molecular complexity index is 912. The lowest BCUT2D eigenvalue weighted by molar-refractivity contribution is -0.0105. The summed E-state index contributed by atoms with van der Waals surface area (Å²) in [4.78, 5) is 4.38. The zero-order chi connectivity index (χ0) is 19.5. The molecule has 0 spiro atoms. The van der Waals surface area contributed by atoms with Crippen LogP contribution in [0, 0.1) is 34.5 Å². The van der Waals surface area contributed by atoms with Gasteiger partial charge in [-0.05, 0) is 84.1 Å². The van der Waals surface area contributed by atoms with E-state index in [1.165, 1.54) is 42.4 Å². The maximum Gasteiger partial charge on any atom is 0.102 e. The number of nitrogens with zero attached hydrogens (tertiary/aromatic N) is 2. The molecule has 2 saturated carbocycles. The van der Waals surface area contributed by atoms with E-state index in [1.807, 2.05) is 18.5 Å². The predicted molar refractivity (Wildman–Crippen MR) is 113 cm³/mol. The molecular weight excluding hydrogens is 344 g/mol. The van der Waals surface area contributed by atoms with Crippen LogP contribution in [-0.2, 0) is 0 Å². The molecule has 0 aliphatic heterocycles. The van der Waals surface area contributed by atoms with Gasteiger partial charge in [0.25, 0.3) is 0 Å². The maximum absolute atomic E-state index is 9.26. The van der Waals surface area contributed by atoms with Crippen molar-refractivity contribution in [1.82, 2.24) is 4.98 Å². The number of oxime groups is 1. The first-order valence-electron chi connectivity index (χ1n) is 10.7. The van der Waals surface area contributed by atoms with Crippen LogP contribution in [0.1, 0.15) is 52.0 Å². The molecule has 1 aromatic heterocycles. The van der Waals surface area contributed by atoms with Crippen molar-refractivity contribution < 1.29 is 5.21 Å². The van der Waals surface area contributed by atoms with E-state index in [0.717, 1.165) is 5.92 Å². The Morgan fingerprint density at radius 2 is 2.11 bits per heavy atom. The molecule has 28 heavy (non-hydrogen) atoms. The van der Waals surface area contributed by atoms with Crippen LogP contribution < -0.4 is 0 Å². The molecule has 1 N–H and O–H groups in total. The first-order chi connectivity index (χ1) is 13.5. The zero-order valence-electron chi connectivity index (χ0n) is 17.1. The van der Waals surface area contributed by atoms with E-state index in [2.05, 4.69) is 61.3 Å². The van der Waals surface area contributed by atoms with Gasteiger partial charge in [-0.15, -0.1) is 0 Å². The van der Waals surface area contributed by atoms with Crippen molar-refractivity contribution in [2.75, 3.05) is 0 Å². The Balaban J connectivity index is 1.51. The van der Waals surface area contributed by atoms with E-state index < -0.39 is 0 Å². The maximum atomic E-state index is 9.26. The molecule has 1 heterocycles. The van der Waals surface area contributed by atoms with Gasteiger partial charge in [-0.2, -0.15) is 0 Å². The van der Waals surface area contributed by atoms with Crippen LogP contribution in [0.15, 0.2) is 59.6 Å². The van der Waals surface area contributed by atoms with Crippen molar-refractivity contribution in [1.29, 1.82) is 0 Å². The lowest BCUT2D eigenvalue weighted by Gasteiger charge is -2.58. The quantitative estimate of drug-likeness (QED) is 0.492. The van der Waals surface area contributed by atoms with E-state index in [9.17, 15) is 5.21 Å². The summed E-state index contributed by atoms with van der Waals surface area (Å²) >= 11 is 0. The summed E-state index contributed by atoms with van der Waals surface area (Å²) in [5.41, 5.74) is 5.35. The van der Waals surface area contributed by atoms with E-state index in [4.69, 9.17) is 0 Å². The molecule has 6 atom stereocenters. The van der Waals surface area contributed by atoms with Gasteiger partial charge in [0, 0.05) is 17.8 Å². The molecule has 4 aliphatic rings. The third kappa shape index (κ3) is 2.34. The minimum Gasteiger partial charge on any atom is -0.410 e. The lowest BCUT2D eigenvalue weighted by atomic mass is 9.46. The van der Waals surface area contributed by atoms with E-state index in [0.29, 0.717) is 23.5 Å². The van der Waals surface area contributed by atoms with Crippen LogP contribution in [0.5, 0.6) is 0 Å². The Hall–Kier alpha value is -2.16. The highest BCUT2D eigenvalue weighted by atomic mass is 16.4. The first-order valence-corrected chi connectivity index (χ1v) is 10.7. The summed E-state index contributed by atoms with van der Waals surface area (Å²) in [6.45, 7) is 7.29. The number of hydrogen-bond acceptors (Lipinski definition) is 3. The molecule has 0 aromatic carbocycles. The number of pyridine rings is 1. The molecular formula is C25H30N2O. The standard InChI is InChI=1S/C25H30N2O/c1-16-13-19-21-7-6-20(17-5-4-12-26-15-17)24(21,2)11-9-22(19)25(3)10-8-18(27-28)14-23(16)25/h4-6,8,10,12,14-16,19,21-22,28H,7,9,11,13H2,1-3H3/t16?,19-,21-,22-,24+,25+/m0/s1. The highest BCUT2D eigenvalue weighted by molar-refractivity contribution is 6.05. The second-order valence-electron chi connectivity index (χ2n) is 9.81. The van der Waals surface area contributed by atoms with Gasteiger partial charge >= 0.3 is 0 Å². The largest absolute Gasteiger partial charge is 0.410 e. The van der Waals surface area contributed by atoms with Crippen LogP contribution >= 0.6 is 0 Å². The van der Waals surface area contributed by atoms with Gasteiger partial charge in [-0.3, -0.25) is 4.98 Å². The number of rotatable bonds is 1. The highest BCUT2D eigenvalue weighted by Gasteiger charge is 2.57. The molecule has 146 valence electrons. The number of fused-ring (bicyclic) bond motifs is 5. The van der Waals surface area contributed by atoms with Crippen LogP contribution in [0.25, 0.3) is 5.57 Å². The topological polar surface area (TPSA) is 45.5 Å². The van der Waals surface area contributed by atoms with Crippen LogP contribution in [-0.4, -0.2) is 15.9 Å². The summed E-state index contributed by atoms with van der Waals surface area (Å²) in [5, 5.41) is 12.7. The predicted octanol–water partition coefficient (Wildman–Crippen LogP) is 5.89.